The number of aromatic hydroxyl groups is 1. The molecule has 4 heteroatoms. The van der Waals surface area contributed by atoms with E-state index in [4.69, 9.17) is 4.74 Å². The molecule has 0 heterocycles. The van der Waals surface area contributed by atoms with Gasteiger partial charge in [0.25, 0.3) is 0 Å². The first-order valence-corrected chi connectivity index (χ1v) is 4.74. The molecule has 76 valence electrons. The molecule has 1 aromatic rings. The number of ether oxygens (including phenoxy) is 1. The number of esters is 1. The van der Waals surface area contributed by atoms with Crippen LogP contribution in [0.2, 0.25) is 0 Å². The van der Waals surface area contributed by atoms with Gasteiger partial charge in [-0.1, -0.05) is 6.07 Å². The van der Waals surface area contributed by atoms with Gasteiger partial charge in [0.05, 0.1) is 13.0 Å². The van der Waals surface area contributed by atoms with Gasteiger partial charge in [0, 0.05) is 10.5 Å². The Bertz CT molecular complexity index is 336. The maximum Gasteiger partial charge on any atom is 0.310 e. The van der Waals surface area contributed by atoms with Crippen LogP contribution in [0.3, 0.4) is 0 Å². The molecule has 1 rings (SSSR count). The van der Waals surface area contributed by atoms with Gasteiger partial charge in [-0.25, -0.2) is 0 Å². The van der Waals surface area contributed by atoms with Crippen LogP contribution in [0, 0.1) is 0 Å². The minimum atomic E-state index is -0.338. The van der Waals surface area contributed by atoms with Crippen LogP contribution in [0.4, 0.5) is 0 Å². The highest BCUT2D eigenvalue weighted by atomic mass is 32.1. The highest BCUT2D eigenvalue weighted by molar-refractivity contribution is 7.80. The summed E-state index contributed by atoms with van der Waals surface area (Å²) in [6.45, 7) is 2.10. The lowest BCUT2D eigenvalue weighted by atomic mass is 10.1. The number of phenols is 1. The smallest absolute Gasteiger partial charge is 0.310 e. The molecule has 0 bridgehead atoms. The predicted octanol–water partition coefficient (Wildman–Crippen LogP) is 1.79. The molecule has 0 fully saturated rings. The fraction of sp³-hybridized carbons (Fsp3) is 0.300. The van der Waals surface area contributed by atoms with E-state index in [2.05, 4.69) is 12.6 Å². The SMILES string of the molecule is CCOC(=O)Cc1ccc(S)cc1O. The van der Waals surface area contributed by atoms with Gasteiger partial charge in [0.15, 0.2) is 0 Å². The Hall–Kier alpha value is -1.16. The molecule has 0 atom stereocenters. The number of carbonyl (C=O) groups is 1. The van der Waals surface area contributed by atoms with Crippen molar-refractivity contribution in [3.05, 3.63) is 23.8 Å². The summed E-state index contributed by atoms with van der Waals surface area (Å²) in [6.07, 6.45) is 0.0910. The molecule has 1 aromatic carbocycles. The highest BCUT2D eigenvalue weighted by Crippen LogP contribution is 2.21. The molecule has 3 nitrogen and oxygen atoms in total. The number of phenolic OH excluding ortho intramolecular Hbond substituents is 1. The van der Waals surface area contributed by atoms with Crippen molar-refractivity contribution in [2.45, 2.75) is 18.2 Å². The number of benzene rings is 1. The molecule has 1 N–H and O–H groups in total. The first-order chi connectivity index (χ1) is 6.63. The summed E-state index contributed by atoms with van der Waals surface area (Å²) in [5, 5.41) is 9.45. The van der Waals surface area contributed by atoms with Crippen LogP contribution in [0.1, 0.15) is 12.5 Å². The van der Waals surface area contributed by atoms with E-state index in [0.29, 0.717) is 17.1 Å². The minimum Gasteiger partial charge on any atom is -0.508 e. The third kappa shape index (κ3) is 2.96. The van der Waals surface area contributed by atoms with E-state index in [1.807, 2.05) is 0 Å². The molecular weight excluding hydrogens is 200 g/mol. The van der Waals surface area contributed by atoms with Crippen molar-refractivity contribution in [1.82, 2.24) is 0 Å². The van der Waals surface area contributed by atoms with Gasteiger partial charge < -0.3 is 9.84 Å². The number of hydrogen-bond donors (Lipinski definition) is 2. The fourth-order valence-electron chi connectivity index (χ4n) is 1.07. The monoisotopic (exact) mass is 212 g/mol. The molecule has 0 saturated carbocycles. The topological polar surface area (TPSA) is 46.5 Å². The van der Waals surface area contributed by atoms with Crippen molar-refractivity contribution in [3.63, 3.8) is 0 Å². The van der Waals surface area contributed by atoms with Gasteiger partial charge >= 0.3 is 5.97 Å². The Morgan fingerprint density at radius 1 is 1.57 bits per heavy atom. The van der Waals surface area contributed by atoms with Crippen LogP contribution in [-0.4, -0.2) is 17.7 Å². The van der Waals surface area contributed by atoms with E-state index in [0.717, 1.165) is 0 Å². The number of carbonyl (C=O) groups excluding carboxylic acids is 1. The zero-order valence-corrected chi connectivity index (χ0v) is 8.75. The molecule has 0 aliphatic carbocycles. The lowest BCUT2D eigenvalue weighted by Gasteiger charge is -2.04. The Balaban J connectivity index is 2.72. The summed E-state index contributed by atoms with van der Waals surface area (Å²) in [5.41, 5.74) is 0.557. The number of hydrogen-bond acceptors (Lipinski definition) is 4. The molecule has 0 spiro atoms. The summed E-state index contributed by atoms with van der Waals surface area (Å²) < 4.78 is 4.76. The number of rotatable bonds is 3. The normalized spacial score (nSPS) is 9.86. The van der Waals surface area contributed by atoms with Crippen molar-refractivity contribution >= 4 is 18.6 Å². The van der Waals surface area contributed by atoms with Crippen LogP contribution in [-0.2, 0) is 16.0 Å². The summed E-state index contributed by atoms with van der Waals surface area (Å²) in [5.74, 6) is -0.264. The second-order valence-corrected chi connectivity index (χ2v) is 3.31. The molecular formula is C10H12O3S. The molecule has 14 heavy (non-hydrogen) atoms. The van der Waals surface area contributed by atoms with Crippen LogP contribution in [0.15, 0.2) is 23.1 Å². The van der Waals surface area contributed by atoms with Gasteiger partial charge in [-0.3, -0.25) is 4.79 Å². The van der Waals surface area contributed by atoms with Crippen molar-refractivity contribution < 1.29 is 14.6 Å². The lowest BCUT2D eigenvalue weighted by molar-refractivity contribution is -0.142. The van der Waals surface area contributed by atoms with Crippen LogP contribution in [0.25, 0.3) is 0 Å². The second kappa shape index (κ2) is 4.91. The predicted molar refractivity (Wildman–Crippen MR) is 55.7 cm³/mol. The van der Waals surface area contributed by atoms with E-state index < -0.39 is 0 Å². The molecule has 0 amide bonds. The summed E-state index contributed by atoms with van der Waals surface area (Å²) in [4.78, 5) is 11.8. The van der Waals surface area contributed by atoms with Crippen LogP contribution >= 0.6 is 12.6 Å². The third-order valence-electron chi connectivity index (χ3n) is 1.71. The van der Waals surface area contributed by atoms with Crippen LogP contribution in [0.5, 0.6) is 5.75 Å². The van der Waals surface area contributed by atoms with Crippen molar-refractivity contribution in [2.24, 2.45) is 0 Å². The quantitative estimate of drug-likeness (QED) is 0.593. The van der Waals surface area contributed by atoms with Crippen molar-refractivity contribution in [3.8, 4) is 5.75 Å². The van der Waals surface area contributed by atoms with Gasteiger partial charge in [-0.05, 0) is 19.1 Å². The van der Waals surface area contributed by atoms with Gasteiger partial charge in [0.2, 0.25) is 0 Å². The van der Waals surface area contributed by atoms with Gasteiger partial charge in [0.1, 0.15) is 5.75 Å². The van der Waals surface area contributed by atoms with E-state index in [1.54, 1.807) is 19.1 Å². The summed E-state index contributed by atoms with van der Waals surface area (Å²) >= 11 is 4.06. The largest absolute Gasteiger partial charge is 0.508 e. The van der Waals surface area contributed by atoms with Crippen molar-refractivity contribution in [2.75, 3.05) is 6.61 Å². The molecule has 0 aromatic heterocycles. The zero-order valence-electron chi connectivity index (χ0n) is 7.86. The molecule has 0 radical (unpaired) electrons. The minimum absolute atomic E-state index is 0.0746. The first-order valence-electron chi connectivity index (χ1n) is 4.30. The molecule has 0 saturated heterocycles. The van der Waals surface area contributed by atoms with Gasteiger partial charge in [-0.15, -0.1) is 12.6 Å². The summed E-state index contributed by atoms with van der Waals surface area (Å²) in [6, 6.07) is 4.88. The standard InChI is InChI=1S/C10H12O3S/c1-2-13-10(12)5-7-3-4-8(14)6-9(7)11/h3-4,6,11,14H,2,5H2,1H3. The van der Waals surface area contributed by atoms with E-state index in [-0.39, 0.29) is 18.1 Å². The van der Waals surface area contributed by atoms with Gasteiger partial charge in [-0.2, -0.15) is 0 Å². The Kier molecular flexibility index (Phi) is 3.83. The Morgan fingerprint density at radius 2 is 2.29 bits per heavy atom. The van der Waals surface area contributed by atoms with Crippen molar-refractivity contribution in [1.29, 1.82) is 0 Å². The molecule has 0 aliphatic heterocycles. The third-order valence-corrected chi connectivity index (χ3v) is 1.99. The maximum absolute atomic E-state index is 11.1. The fourth-order valence-corrected chi connectivity index (χ4v) is 1.27. The zero-order chi connectivity index (χ0) is 10.6. The lowest BCUT2D eigenvalue weighted by Crippen LogP contribution is -2.07. The Labute approximate surface area is 88.1 Å². The molecule has 0 unspecified atom stereocenters. The summed E-state index contributed by atoms with van der Waals surface area (Å²) in [7, 11) is 0. The van der Waals surface area contributed by atoms with Crippen LogP contribution < -0.4 is 0 Å². The number of thiol groups is 1. The second-order valence-electron chi connectivity index (χ2n) is 2.79. The van der Waals surface area contributed by atoms with E-state index >= 15 is 0 Å². The van der Waals surface area contributed by atoms with E-state index in [1.165, 1.54) is 6.07 Å². The average Bonchev–Trinajstić information content (AvgIpc) is 2.10. The maximum atomic E-state index is 11.1. The molecule has 0 aliphatic rings. The Morgan fingerprint density at radius 3 is 2.86 bits per heavy atom. The first kappa shape index (κ1) is 10.9. The average molecular weight is 212 g/mol. The highest BCUT2D eigenvalue weighted by Gasteiger charge is 2.07. The van der Waals surface area contributed by atoms with E-state index in [9.17, 15) is 9.90 Å².